The Labute approximate surface area is 116 Å². The molecule has 100 valence electrons. The van der Waals surface area contributed by atoms with Gasteiger partial charge in [0.25, 0.3) is 0 Å². The van der Waals surface area contributed by atoms with Gasteiger partial charge >= 0.3 is 0 Å². The molecule has 4 nitrogen and oxygen atoms in total. The Morgan fingerprint density at radius 1 is 1.56 bits per heavy atom. The van der Waals surface area contributed by atoms with Gasteiger partial charge in [-0.3, -0.25) is 4.79 Å². The fraction of sp³-hybridized carbons (Fsp3) is 0.667. The van der Waals surface area contributed by atoms with Gasteiger partial charge in [0.05, 0.1) is 6.42 Å². The number of H-pyrrole nitrogens is 1. The van der Waals surface area contributed by atoms with Crippen LogP contribution >= 0.6 is 23.6 Å². The van der Waals surface area contributed by atoms with E-state index < -0.39 is 0 Å². The van der Waals surface area contributed by atoms with Crippen molar-refractivity contribution in [1.82, 2.24) is 9.88 Å². The molecule has 2 N–H and O–H groups in total. The van der Waals surface area contributed by atoms with E-state index in [1.54, 1.807) is 0 Å². The van der Waals surface area contributed by atoms with Gasteiger partial charge in [-0.2, -0.15) is 0 Å². The molecule has 0 bridgehead atoms. The number of hydrogen-bond acceptors (Lipinski definition) is 4. The highest BCUT2D eigenvalue weighted by Crippen LogP contribution is 2.20. The average molecular weight is 286 g/mol. The second kappa shape index (κ2) is 5.95. The molecular formula is C12H18N2O2S2. The summed E-state index contributed by atoms with van der Waals surface area (Å²) in [7, 11) is 0. The molecule has 1 aromatic heterocycles. The molecule has 2 rings (SSSR count). The van der Waals surface area contributed by atoms with E-state index in [-0.39, 0.29) is 12.5 Å². The number of piperidine rings is 1. The van der Waals surface area contributed by atoms with Gasteiger partial charge in [0, 0.05) is 30.3 Å². The highest BCUT2D eigenvalue weighted by Gasteiger charge is 2.22. The van der Waals surface area contributed by atoms with Crippen molar-refractivity contribution in [2.24, 2.45) is 5.92 Å². The number of likely N-dealkylation sites (tertiary alicyclic amines) is 1. The van der Waals surface area contributed by atoms with E-state index in [1.165, 1.54) is 11.3 Å². The van der Waals surface area contributed by atoms with E-state index >= 15 is 0 Å². The van der Waals surface area contributed by atoms with Gasteiger partial charge in [0.2, 0.25) is 5.91 Å². The molecule has 1 aliphatic heterocycles. The third-order valence-corrected chi connectivity index (χ3v) is 4.80. The number of nitrogens with zero attached hydrogens (tertiary/aromatic N) is 1. The Kier molecular flexibility index (Phi) is 4.53. The Hall–Kier alpha value is -0.720. The van der Waals surface area contributed by atoms with Crippen LogP contribution in [0.5, 0.6) is 0 Å². The van der Waals surface area contributed by atoms with E-state index in [0.717, 1.165) is 40.5 Å². The summed E-state index contributed by atoms with van der Waals surface area (Å²) in [6, 6.07) is 0. The monoisotopic (exact) mass is 286 g/mol. The Balaban J connectivity index is 1.93. The molecule has 0 aliphatic carbocycles. The number of aryl methyl sites for hydroxylation is 1. The minimum Gasteiger partial charge on any atom is -0.396 e. The molecule has 6 heteroatoms. The number of rotatable bonds is 3. The summed E-state index contributed by atoms with van der Waals surface area (Å²) in [6.45, 7) is 3.71. The number of hydrogen-bond donors (Lipinski definition) is 2. The van der Waals surface area contributed by atoms with Crippen molar-refractivity contribution in [3.05, 3.63) is 14.5 Å². The minimum atomic E-state index is 0.166. The van der Waals surface area contributed by atoms with Crippen LogP contribution in [-0.4, -0.2) is 40.6 Å². The molecule has 0 atom stereocenters. The summed E-state index contributed by atoms with van der Waals surface area (Å²) in [5.74, 6) is 0.532. The van der Waals surface area contributed by atoms with Crippen molar-refractivity contribution in [2.45, 2.75) is 26.2 Å². The fourth-order valence-corrected chi connectivity index (χ4v) is 3.50. The number of aliphatic hydroxyl groups is 1. The van der Waals surface area contributed by atoms with Gasteiger partial charge in [-0.1, -0.05) is 0 Å². The normalized spacial score (nSPS) is 17.1. The second-order valence-electron chi connectivity index (χ2n) is 4.75. The number of carbonyl (C=O) groups excluding carboxylic acids is 1. The van der Waals surface area contributed by atoms with Gasteiger partial charge in [0.15, 0.2) is 3.95 Å². The Bertz CT molecular complexity index is 473. The molecule has 1 aromatic rings. The van der Waals surface area contributed by atoms with Gasteiger partial charge in [0.1, 0.15) is 0 Å². The zero-order chi connectivity index (χ0) is 13.1. The van der Waals surface area contributed by atoms with Crippen molar-refractivity contribution < 1.29 is 9.90 Å². The van der Waals surface area contributed by atoms with Crippen molar-refractivity contribution in [1.29, 1.82) is 0 Å². The summed E-state index contributed by atoms with van der Waals surface area (Å²) >= 11 is 6.55. The van der Waals surface area contributed by atoms with Crippen LogP contribution in [0, 0.1) is 16.8 Å². The van der Waals surface area contributed by atoms with Crippen LogP contribution in [0.2, 0.25) is 0 Å². The maximum absolute atomic E-state index is 12.1. The highest BCUT2D eigenvalue weighted by molar-refractivity contribution is 7.73. The lowest BCUT2D eigenvalue weighted by atomic mass is 9.97. The first-order chi connectivity index (χ1) is 8.60. The lowest BCUT2D eigenvalue weighted by molar-refractivity contribution is -0.132. The zero-order valence-corrected chi connectivity index (χ0v) is 12.1. The smallest absolute Gasteiger partial charge is 0.227 e. The predicted octanol–water partition coefficient (Wildman–Crippen LogP) is 1.89. The molecule has 18 heavy (non-hydrogen) atoms. The summed E-state index contributed by atoms with van der Waals surface area (Å²) in [5, 5.41) is 9.07. The number of carbonyl (C=O) groups is 1. The Morgan fingerprint density at radius 2 is 2.22 bits per heavy atom. The number of thiazole rings is 1. The molecule has 0 saturated carbocycles. The van der Waals surface area contributed by atoms with E-state index in [1.807, 2.05) is 11.8 Å². The van der Waals surface area contributed by atoms with Crippen LogP contribution in [0.3, 0.4) is 0 Å². The Morgan fingerprint density at radius 3 is 2.72 bits per heavy atom. The minimum absolute atomic E-state index is 0.166. The summed E-state index contributed by atoms with van der Waals surface area (Å²) in [6.07, 6.45) is 2.25. The number of amides is 1. The molecule has 1 fully saturated rings. The van der Waals surface area contributed by atoms with Gasteiger partial charge in [-0.25, -0.2) is 0 Å². The lowest BCUT2D eigenvalue weighted by Gasteiger charge is -2.31. The highest BCUT2D eigenvalue weighted by atomic mass is 32.1. The molecule has 0 aromatic carbocycles. The molecule has 0 radical (unpaired) electrons. The maximum Gasteiger partial charge on any atom is 0.227 e. The van der Waals surface area contributed by atoms with E-state index in [4.69, 9.17) is 17.3 Å². The first-order valence-corrected chi connectivity index (χ1v) is 7.40. The topological polar surface area (TPSA) is 56.3 Å². The molecule has 0 spiro atoms. The van der Waals surface area contributed by atoms with Crippen LogP contribution in [0.15, 0.2) is 0 Å². The van der Waals surface area contributed by atoms with Crippen LogP contribution in [0.1, 0.15) is 23.4 Å². The summed E-state index contributed by atoms with van der Waals surface area (Å²) in [5.41, 5.74) is 1.00. The third kappa shape index (κ3) is 3.18. The zero-order valence-electron chi connectivity index (χ0n) is 10.4. The number of aliphatic hydroxyl groups excluding tert-OH is 1. The molecule has 1 amide bonds. The van der Waals surface area contributed by atoms with Gasteiger partial charge < -0.3 is 15.0 Å². The van der Waals surface area contributed by atoms with E-state index in [2.05, 4.69) is 4.98 Å². The van der Waals surface area contributed by atoms with Crippen LogP contribution < -0.4 is 0 Å². The van der Waals surface area contributed by atoms with Crippen molar-refractivity contribution in [2.75, 3.05) is 19.7 Å². The van der Waals surface area contributed by atoms with Crippen LogP contribution in [0.4, 0.5) is 0 Å². The van der Waals surface area contributed by atoms with Crippen molar-refractivity contribution in [3.63, 3.8) is 0 Å². The van der Waals surface area contributed by atoms with Crippen molar-refractivity contribution >= 4 is 29.5 Å². The average Bonchev–Trinajstić information content (AvgIpc) is 2.68. The number of nitrogens with one attached hydrogen (secondary N) is 1. The standard InChI is InChI=1S/C12H18N2O2S2/c1-8-10(18-12(17)13-8)6-11(16)14-4-2-9(7-15)3-5-14/h9,15H,2-7H2,1H3,(H,13,17). The van der Waals surface area contributed by atoms with E-state index in [0.29, 0.717) is 12.3 Å². The third-order valence-electron chi connectivity index (χ3n) is 3.46. The fourth-order valence-electron chi connectivity index (χ4n) is 2.22. The number of aromatic nitrogens is 1. The molecule has 2 heterocycles. The molecule has 0 unspecified atom stereocenters. The van der Waals surface area contributed by atoms with Crippen molar-refractivity contribution in [3.8, 4) is 0 Å². The summed E-state index contributed by atoms with van der Waals surface area (Å²) in [4.78, 5) is 18.1. The number of aromatic amines is 1. The largest absolute Gasteiger partial charge is 0.396 e. The van der Waals surface area contributed by atoms with Crippen LogP contribution in [-0.2, 0) is 11.2 Å². The lowest BCUT2D eigenvalue weighted by Crippen LogP contribution is -2.39. The SMILES string of the molecule is Cc1[nH]c(=S)sc1CC(=O)N1CCC(CO)CC1. The van der Waals surface area contributed by atoms with Crippen LogP contribution in [0.25, 0.3) is 0 Å². The maximum atomic E-state index is 12.1. The summed E-state index contributed by atoms with van der Waals surface area (Å²) < 4.78 is 0.731. The quantitative estimate of drug-likeness (QED) is 0.834. The first-order valence-electron chi connectivity index (χ1n) is 6.17. The first kappa shape index (κ1) is 13.7. The molecular weight excluding hydrogens is 268 g/mol. The van der Waals surface area contributed by atoms with Gasteiger partial charge in [-0.05, 0) is 37.9 Å². The predicted molar refractivity (Wildman–Crippen MR) is 74.3 cm³/mol. The molecule has 1 saturated heterocycles. The van der Waals surface area contributed by atoms with E-state index in [9.17, 15) is 4.79 Å². The second-order valence-corrected chi connectivity index (χ2v) is 6.52. The van der Waals surface area contributed by atoms with Gasteiger partial charge in [-0.15, -0.1) is 11.3 Å². The molecule has 1 aliphatic rings.